The molecule has 1 aromatic rings. The van der Waals surface area contributed by atoms with Crippen molar-refractivity contribution in [3.8, 4) is 5.75 Å². The average molecular weight is 384 g/mol. The second-order valence-corrected chi connectivity index (χ2v) is 6.97. The third kappa shape index (κ3) is 2.82. The molecule has 10 heteroatoms. The molecule has 3 aliphatic rings. The number of hydrogen-bond acceptors (Lipinski definition) is 7. The quantitative estimate of drug-likeness (QED) is 0.250. The first-order valence-electron chi connectivity index (χ1n) is 8.66. The van der Waals surface area contributed by atoms with Crippen LogP contribution < -0.4 is 10.5 Å². The lowest BCUT2D eigenvalue weighted by Gasteiger charge is -2.13. The minimum Gasteiger partial charge on any atom is -0.477 e. The van der Waals surface area contributed by atoms with E-state index in [0.29, 0.717) is 5.56 Å². The van der Waals surface area contributed by atoms with E-state index >= 15 is 0 Å². The molecule has 3 amide bonds. The van der Waals surface area contributed by atoms with E-state index in [4.69, 9.17) is 10.5 Å². The first-order valence-corrected chi connectivity index (χ1v) is 8.66. The topological polar surface area (TPSA) is 145 Å². The highest BCUT2D eigenvalue weighted by Crippen LogP contribution is 2.52. The van der Waals surface area contributed by atoms with Crippen LogP contribution in [-0.2, 0) is 14.4 Å². The molecular weight excluding hydrogens is 368 g/mol. The van der Waals surface area contributed by atoms with Gasteiger partial charge >= 0.3 is 5.69 Å². The third-order valence-electron chi connectivity index (χ3n) is 5.32. The minimum absolute atomic E-state index is 0.0782. The summed E-state index contributed by atoms with van der Waals surface area (Å²) in [5, 5.41) is 16.1. The van der Waals surface area contributed by atoms with Gasteiger partial charge in [0.25, 0.3) is 17.7 Å². The normalized spacial score (nSPS) is 27.6. The van der Waals surface area contributed by atoms with Gasteiger partial charge in [-0.1, -0.05) is 12.2 Å². The standard InChI is InChI=1S/C18H16N4O6/c19-14(23)8-28-13-4-1-9(5-12(13)22(26)27)7-20-21-17(24)15-10-2-3-11(6-10)16(15)18(21)25/h1-5,7,10-11,15-16H,6,8H2,(H2,19,23). The molecule has 144 valence electrons. The van der Waals surface area contributed by atoms with E-state index in [1.165, 1.54) is 24.4 Å². The van der Waals surface area contributed by atoms with Crippen molar-refractivity contribution in [3.63, 3.8) is 0 Å². The highest BCUT2D eigenvalue weighted by atomic mass is 16.6. The first-order chi connectivity index (χ1) is 13.4. The van der Waals surface area contributed by atoms with Gasteiger partial charge in [0.05, 0.1) is 23.0 Å². The lowest BCUT2D eigenvalue weighted by molar-refractivity contribution is -0.385. The summed E-state index contributed by atoms with van der Waals surface area (Å²) < 4.78 is 5.02. The Morgan fingerprint density at radius 2 is 1.93 bits per heavy atom. The van der Waals surface area contributed by atoms with Crippen molar-refractivity contribution >= 4 is 29.6 Å². The number of ether oxygens (including phenoxy) is 1. The van der Waals surface area contributed by atoms with Gasteiger partial charge in [-0.25, -0.2) is 0 Å². The molecule has 1 heterocycles. The zero-order valence-corrected chi connectivity index (χ0v) is 14.6. The summed E-state index contributed by atoms with van der Waals surface area (Å²) in [6.07, 6.45) is 6.01. The summed E-state index contributed by atoms with van der Waals surface area (Å²) in [7, 11) is 0. The van der Waals surface area contributed by atoms with Gasteiger partial charge in [0.2, 0.25) is 0 Å². The zero-order chi connectivity index (χ0) is 20.0. The van der Waals surface area contributed by atoms with Crippen molar-refractivity contribution in [2.75, 3.05) is 6.61 Å². The number of allylic oxidation sites excluding steroid dienone is 2. The van der Waals surface area contributed by atoms with E-state index in [-0.39, 0.29) is 46.9 Å². The number of nitro groups is 1. The summed E-state index contributed by atoms with van der Waals surface area (Å²) >= 11 is 0. The number of hydrazone groups is 1. The fraction of sp³-hybridized carbons (Fsp3) is 0.333. The van der Waals surface area contributed by atoms with Gasteiger partial charge in [0.15, 0.2) is 12.4 Å². The van der Waals surface area contributed by atoms with E-state index in [9.17, 15) is 24.5 Å². The number of rotatable bonds is 6. The number of amides is 3. The Morgan fingerprint density at radius 3 is 2.50 bits per heavy atom. The summed E-state index contributed by atoms with van der Waals surface area (Å²) in [5.74, 6) is -2.12. The number of benzene rings is 1. The molecule has 2 N–H and O–H groups in total. The molecule has 1 saturated carbocycles. The van der Waals surface area contributed by atoms with Crippen LogP contribution in [-0.4, -0.2) is 40.5 Å². The molecule has 10 nitrogen and oxygen atoms in total. The molecule has 28 heavy (non-hydrogen) atoms. The lowest BCUT2D eigenvalue weighted by Crippen LogP contribution is -2.28. The van der Waals surface area contributed by atoms with Crippen LogP contribution in [0.25, 0.3) is 0 Å². The van der Waals surface area contributed by atoms with Crippen LogP contribution >= 0.6 is 0 Å². The van der Waals surface area contributed by atoms with Gasteiger partial charge in [0.1, 0.15) is 0 Å². The van der Waals surface area contributed by atoms with Crippen molar-refractivity contribution in [3.05, 3.63) is 46.0 Å². The number of primary amides is 1. The Balaban J connectivity index is 1.54. The highest BCUT2D eigenvalue weighted by Gasteiger charge is 2.59. The number of carbonyl (C=O) groups is 3. The van der Waals surface area contributed by atoms with Gasteiger partial charge in [-0.2, -0.15) is 10.1 Å². The van der Waals surface area contributed by atoms with Gasteiger partial charge in [-0.15, -0.1) is 0 Å². The van der Waals surface area contributed by atoms with Crippen LogP contribution in [0.3, 0.4) is 0 Å². The molecule has 1 aromatic carbocycles. The number of carbonyl (C=O) groups excluding carboxylic acids is 3. The smallest absolute Gasteiger partial charge is 0.311 e. The Kier molecular flexibility index (Phi) is 4.17. The average Bonchev–Trinajstić information content (AvgIpc) is 3.33. The minimum atomic E-state index is -0.764. The number of fused-ring (bicyclic) bond motifs is 5. The molecule has 0 radical (unpaired) electrons. The van der Waals surface area contributed by atoms with E-state index < -0.39 is 17.4 Å². The summed E-state index contributed by atoms with van der Waals surface area (Å²) in [6, 6.07) is 3.94. The van der Waals surface area contributed by atoms with Crippen LogP contribution in [0.4, 0.5) is 5.69 Å². The molecule has 4 atom stereocenters. The van der Waals surface area contributed by atoms with Crippen LogP contribution in [0.2, 0.25) is 0 Å². The van der Waals surface area contributed by atoms with Gasteiger partial charge in [0, 0.05) is 11.6 Å². The lowest BCUT2D eigenvalue weighted by atomic mass is 9.85. The summed E-state index contributed by atoms with van der Waals surface area (Å²) in [5.41, 5.74) is 4.89. The Labute approximate surface area is 158 Å². The van der Waals surface area contributed by atoms with E-state index in [1.54, 1.807) is 0 Å². The van der Waals surface area contributed by atoms with Crippen molar-refractivity contribution in [1.82, 2.24) is 5.01 Å². The van der Waals surface area contributed by atoms with Gasteiger partial charge < -0.3 is 10.5 Å². The maximum Gasteiger partial charge on any atom is 0.311 e. The molecule has 4 unspecified atom stereocenters. The van der Waals surface area contributed by atoms with Crippen molar-refractivity contribution in [2.24, 2.45) is 34.5 Å². The largest absolute Gasteiger partial charge is 0.477 e. The number of hydrogen-bond donors (Lipinski definition) is 1. The van der Waals surface area contributed by atoms with Crippen LogP contribution in [0.1, 0.15) is 12.0 Å². The van der Waals surface area contributed by atoms with Crippen molar-refractivity contribution in [2.45, 2.75) is 6.42 Å². The van der Waals surface area contributed by atoms with Gasteiger partial charge in [-0.05, 0) is 30.4 Å². The molecule has 2 fully saturated rings. The fourth-order valence-corrected chi connectivity index (χ4v) is 4.15. The molecule has 2 aliphatic carbocycles. The fourth-order valence-electron chi connectivity index (χ4n) is 4.15. The molecule has 2 bridgehead atoms. The molecule has 0 spiro atoms. The predicted molar refractivity (Wildman–Crippen MR) is 94.9 cm³/mol. The Bertz CT molecular complexity index is 925. The molecule has 1 saturated heterocycles. The second kappa shape index (κ2) is 6.55. The summed E-state index contributed by atoms with van der Waals surface area (Å²) in [6.45, 7) is -0.496. The maximum absolute atomic E-state index is 12.6. The predicted octanol–water partition coefficient (Wildman–Crippen LogP) is 0.600. The summed E-state index contributed by atoms with van der Waals surface area (Å²) in [4.78, 5) is 46.5. The number of nitrogens with zero attached hydrogens (tertiary/aromatic N) is 3. The first kappa shape index (κ1) is 17.8. The molecule has 1 aliphatic heterocycles. The van der Waals surface area contributed by atoms with E-state index in [1.807, 2.05) is 12.2 Å². The Morgan fingerprint density at radius 1 is 1.29 bits per heavy atom. The van der Waals surface area contributed by atoms with Crippen LogP contribution in [0.15, 0.2) is 35.5 Å². The van der Waals surface area contributed by atoms with Crippen molar-refractivity contribution < 1.29 is 24.0 Å². The number of imide groups is 1. The SMILES string of the molecule is NC(=O)COc1ccc(C=NN2C(=O)C3C4C=CC(C4)C3C2=O)cc1[N+](=O)[O-]. The van der Waals surface area contributed by atoms with E-state index in [0.717, 1.165) is 11.4 Å². The number of nitrogens with two attached hydrogens (primary N) is 1. The zero-order valence-electron chi connectivity index (χ0n) is 14.6. The molecular formula is C18H16N4O6. The van der Waals surface area contributed by atoms with Gasteiger partial charge in [-0.3, -0.25) is 24.5 Å². The second-order valence-electron chi connectivity index (χ2n) is 6.97. The maximum atomic E-state index is 12.6. The van der Waals surface area contributed by atoms with Crippen LogP contribution in [0, 0.1) is 33.8 Å². The number of nitro benzene ring substituents is 1. The monoisotopic (exact) mass is 384 g/mol. The van der Waals surface area contributed by atoms with E-state index in [2.05, 4.69) is 5.10 Å². The Hall–Kier alpha value is -3.56. The van der Waals surface area contributed by atoms with Crippen molar-refractivity contribution in [1.29, 1.82) is 0 Å². The highest BCUT2D eigenvalue weighted by molar-refractivity contribution is 6.06. The van der Waals surface area contributed by atoms with Crippen LogP contribution in [0.5, 0.6) is 5.75 Å². The third-order valence-corrected chi connectivity index (χ3v) is 5.32. The molecule has 0 aromatic heterocycles. The molecule has 4 rings (SSSR count).